The quantitative estimate of drug-likeness (QED) is 0.687. The van der Waals surface area contributed by atoms with E-state index in [4.69, 9.17) is 14.2 Å². The first kappa shape index (κ1) is 22.1. The van der Waals surface area contributed by atoms with Crippen molar-refractivity contribution in [2.24, 2.45) is 0 Å². The molecule has 1 amide bonds. The van der Waals surface area contributed by atoms with Crippen molar-refractivity contribution in [1.29, 1.82) is 0 Å². The number of carbonyl (C=O) groups is 1. The highest BCUT2D eigenvalue weighted by atomic mass is 32.2. The highest BCUT2D eigenvalue weighted by Gasteiger charge is 2.22. The summed E-state index contributed by atoms with van der Waals surface area (Å²) in [6, 6.07) is 11.2. The van der Waals surface area contributed by atoms with Gasteiger partial charge in [0.15, 0.2) is 0 Å². The lowest BCUT2D eigenvalue weighted by molar-refractivity contribution is 0.0673. The molecule has 2 aromatic carbocycles. The fraction of sp³-hybridized carbons (Fsp3) is 0.381. The summed E-state index contributed by atoms with van der Waals surface area (Å²) in [6.45, 7) is 1.09. The minimum absolute atomic E-state index is 0.0223. The molecular formula is C21H26N2O6S. The van der Waals surface area contributed by atoms with Gasteiger partial charge in [0.1, 0.15) is 18.1 Å². The second-order valence-corrected chi connectivity index (χ2v) is 9.20. The van der Waals surface area contributed by atoms with Crippen LogP contribution in [-0.2, 0) is 14.8 Å². The lowest BCUT2D eigenvalue weighted by Gasteiger charge is -2.17. The lowest BCUT2D eigenvalue weighted by atomic mass is 10.1. The van der Waals surface area contributed by atoms with E-state index in [-0.39, 0.29) is 16.7 Å². The summed E-state index contributed by atoms with van der Waals surface area (Å²) in [5.41, 5.74) is 0.581. The lowest BCUT2D eigenvalue weighted by Crippen LogP contribution is -2.22. The zero-order chi connectivity index (χ0) is 21.7. The highest BCUT2D eigenvalue weighted by Crippen LogP contribution is 2.30. The molecule has 8 nitrogen and oxygen atoms in total. The Kier molecular flexibility index (Phi) is 6.96. The molecule has 2 aromatic rings. The summed E-state index contributed by atoms with van der Waals surface area (Å²) in [6.07, 6.45) is 1.95. The first-order valence-corrected chi connectivity index (χ1v) is 11.0. The second-order valence-electron chi connectivity index (χ2n) is 7.05. The number of ether oxygens (including phenoxy) is 3. The Morgan fingerprint density at radius 1 is 1.20 bits per heavy atom. The molecule has 1 heterocycles. The van der Waals surface area contributed by atoms with E-state index >= 15 is 0 Å². The van der Waals surface area contributed by atoms with Crippen LogP contribution in [0.2, 0.25) is 0 Å². The second kappa shape index (κ2) is 9.46. The molecule has 0 saturated carbocycles. The van der Waals surface area contributed by atoms with Crippen LogP contribution in [0.4, 0.5) is 5.69 Å². The maximum atomic E-state index is 13.0. The van der Waals surface area contributed by atoms with E-state index in [1.807, 2.05) is 0 Å². The Balaban J connectivity index is 1.83. The number of nitrogens with zero attached hydrogens (tertiary/aromatic N) is 1. The number of hydrogen-bond acceptors (Lipinski definition) is 6. The molecule has 1 unspecified atom stereocenters. The SMILES string of the molecule is COc1ccc(S(=O)(=O)N(C)C)cc1NC(=O)c1ccccc1OCC1CCCO1. The average molecular weight is 435 g/mol. The Morgan fingerprint density at radius 3 is 2.63 bits per heavy atom. The number of nitrogens with one attached hydrogen (secondary N) is 1. The van der Waals surface area contributed by atoms with Crippen molar-refractivity contribution in [1.82, 2.24) is 4.31 Å². The van der Waals surface area contributed by atoms with Crippen molar-refractivity contribution in [3.8, 4) is 11.5 Å². The summed E-state index contributed by atoms with van der Waals surface area (Å²) in [7, 11) is 0.673. The Labute approximate surface area is 176 Å². The Morgan fingerprint density at radius 2 is 1.97 bits per heavy atom. The summed E-state index contributed by atoms with van der Waals surface area (Å²) in [5.74, 6) is 0.344. The third-order valence-corrected chi connectivity index (χ3v) is 6.59. The summed E-state index contributed by atoms with van der Waals surface area (Å²) >= 11 is 0. The van der Waals surface area contributed by atoms with E-state index in [2.05, 4.69) is 5.32 Å². The van der Waals surface area contributed by atoms with E-state index in [1.165, 1.54) is 39.4 Å². The van der Waals surface area contributed by atoms with Crippen molar-refractivity contribution in [3.05, 3.63) is 48.0 Å². The predicted octanol–water partition coefficient (Wildman–Crippen LogP) is 2.76. The molecule has 9 heteroatoms. The average Bonchev–Trinajstić information content (AvgIpc) is 3.26. The fourth-order valence-corrected chi connectivity index (χ4v) is 4.01. The van der Waals surface area contributed by atoms with Crippen molar-refractivity contribution >= 4 is 21.6 Å². The molecule has 0 radical (unpaired) electrons. The number of rotatable bonds is 8. The number of para-hydroxylation sites is 1. The zero-order valence-corrected chi connectivity index (χ0v) is 18.1. The van der Waals surface area contributed by atoms with Crippen LogP contribution in [0.1, 0.15) is 23.2 Å². The molecule has 1 aliphatic heterocycles. The monoisotopic (exact) mass is 434 g/mol. The van der Waals surface area contributed by atoms with Gasteiger partial charge in [0.2, 0.25) is 10.0 Å². The van der Waals surface area contributed by atoms with Gasteiger partial charge in [-0.05, 0) is 43.2 Å². The minimum atomic E-state index is -3.66. The van der Waals surface area contributed by atoms with Crippen LogP contribution < -0.4 is 14.8 Å². The maximum Gasteiger partial charge on any atom is 0.259 e. The van der Waals surface area contributed by atoms with Gasteiger partial charge in [-0.2, -0.15) is 0 Å². The van der Waals surface area contributed by atoms with Gasteiger partial charge >= 0.3 is 0 Å². The number of amides is 1. The van der Waals surface area contributed by atoms with Gasteiger partial charge in [-0.1, -0.05) is 12.1 Å². The third-order valence-electron chi connectivity index (χ3n) is 4.78. The van der Waals surface area contributed by atoms with Crippen LogP contribution in [0.5, 0.6) is 11.5 Å². The van der Waals surface area contributed by atoms with Gasteiger partial charge in [-0.3, -0.25) is 4.79 Å². The normalized spacial score (nSPS) is 16.5. The number of benzene rings is 2. The van der Waals surface area contributed by atoms with Gasteiger partial charge in [0.05, 0.1) is 29.4 Å². The van der Waals surface area contributed by atoms with E-state index in [0.29, 0.717) is 23.7 Å². The molecule has 1 N–H and O–H groups in total. The van der Waals surface area contributed by atoms with Crippen molar-refractivity contribution in [2.75, 3.05) is 39.7 Å². The smallest absolute Gasteiger partial charge is 0.259 e. The van der Waals surface area contributed by atoms with Crippen molar-refractivity contribution < 1.29 is 27.4 Å². The van der Waals surface area contributed by atoms with Crippen LogP contribution in [0.25, 0.3) is 0 Å². The van der Waals surface area contributed by atoms with Gasteiger partial charge in [0.25, 0.3) is 5.91 Å². The number of anilines is 1. The van der Waals surface area contributed by atoms with Gasteiger partial charge in [-0.15, -0.1) is 0 Å². The van der Waals surface area contributed by atoms with Crippen LogP contribution in [0.15, 0.2) is 47.4 Å². The molecular weight excluding hydrogens is 408 g/mol. The molecule has 162 valence electrons. The van der Waals surface area contributed by atoms with E-state index < -0.39 is 15.9 Å². The Bertz CT molecular complexity index is 1000. The zero-order valence-electron chi connectivity index (χ0n) is 17.3. The number of methoxy groups -OCH3 is 1. The molecule has 1 atom stereocenters. The molecule has 0 spiro atoms. The molecule has 30 heavy (non-hydrogen) atoms. The van der Waals surface area contributed by atoms with E-state index in [9.17, 15) is 13.2 Å². The standard InChI is InChI=1S/C21H26N2O6S/c1-23(2)30(25,26)16-10-11-20(27-3)18(13-16)22-21(24)17-8-4-5-9-19(17)29-14-15-7-6-12-28-15/h4-5,8-11,13,15H,6-7,12,14H2,1-3H3,(H,22,24). The van der Waals surface area contributed by atoms with Crippen LogP contribution >= 0.6 is 0 Å². The van der Waals surface area contributed by atoms with Gasteiger partial charge in [0, 0.05) is 20.7 Å². The summed E-state index contributed by atoms with van der Waals surface area (Å²) < 4.78 is 42.7. The predicted molar refractivity (Wildman–Crippen MR) is 113 cm³/mol. The molecule has 1 fully saturated rings. The first-order valence-electron chi connectivity index (χ1n) is 9.58. The summed E-state index contributed by atoms with van der Waals surface area (Å²) in [5, 5.41) is 2.74. The third kappa shape index (κ3) is 4.92. The van der Waals surface area contributed by atoms with Crippen molar-refractivity contribution in [3.63, 3.8) is 0 Å². The van der Waals surface area contributed by atoms with E-state index in [1.54, 1.807) is 24.3 Å². The molecule has 1 saturated heterocycles. The highest BCUT2D eigenvalue weighted by molar-refractivity contribution is 7.89. The molecule has 0 aromatic heterocycles. The van der Waals surface area contributed by atoms with Crippen LogP contribution in [0.3, 0.4) is 0 Å². The number of hydrogen-bond donors (Lipinski definition) is 1. The van der Waals surface area contributed by atoms with Crippen LogP contribution in [0, 0.1) is 0 Å². The van der Waals surface area contributed by atoms with Gasteiger partial charge < -0.3 is 19.5 Å². The molecule has 0 aliphatic carbocycles. The number of carbonyl (C=O) groups excluding carboxylic acids is 1. The summed E-state index contributed by atoms with van der Waals surface area (Å²) in [4.78, 5) is 13.0. The largest absolute Gasteiger partial charge is 0.495 e. The maximum absolute atomic E-state index is 13.0. The number of sulfonamides is 1. The van der Waals surface area contributed by atoms with Crippen molar-refractivity contribution in [2.45, 2.75) is 23.8 Å². The molecule has 3 rings (SSSR count). The van der Waals surface area contributed by atoms with E-state index in [0.717, 1.165) is 23.8 Å². The fourth-order valence-electron chi connectivity index (χ4n) is 3.08. The van der Waals surface area contributed by atoms with Gasteiger partial charge in [-0.25, -0.2) is 12.7 Å². The Hall–Kier alpha value is -2.62. The molecule has 1 aliphatic rings. The minimum Gasteiger partial charge on any atom is -0.495 e. The van der Waals surface area contributed by atoms with Crippen LogP contribution in [-0.4, -0.2) is 59.2 Å². The molecule has 0 bridgehead atoms. The topological polar surface area (TPSA) is 94.2 Å². The first-order chi connectivity index (χ1) is 14.3.